The molecule has 0 bridgehead atoms. The van der Waals surface area contributed by atoms with Gasteiger partial charge in [0.05, 0.1) is 5.60 Å². The van der Waals surface area contributed by atoms with Gasteiger partial charge < -0.3 is 10.4 Å². The van der Waals surface area contributed by atoms with Crippen molar-refractivity contribution in [1.29, 1.82) is 0 Å². The van der Waals surface area contributed by atoms with E-state index < -0.39 is 5.60 Å². The van der Waals surface area contributed by atoms with Crippen molar-refractivity contribution in [2.75, 3.05) is 13.1 Å². The minimum Gasteiger partial charge on any atom is -0.388 e. The van der Waals surface area contributed by atoms with Crippen LogP contribution in [0.15, 0.2) is 0 Å². The Kier molecular flexibility index (Phi) is 1.77. The number of rotatable bonds is 0. The topological polar surface area (TPSA) is 32.3 Å². The largest absolute Gasteiger partial charge is 0.388 e. The number of β-amino-alcohol motifs (C(OH)–C–C–N with tert-alkyl or cyclic N) is 1. The predicted molar refractivity (Wildman–Crippen MR) is 41.9 cm³/mol. The first kappa shape index (κ1) is 8.02. The summed E-state index contributed by atoms with van der Waals surface area (Å²) >= 11 is 0. The van der Waals surface area contributed by atoms with E-state index in [1.807, 2.05) is 0 Å². The number of nitrogens with one attached hydrogen (secondary N) is 1. The summed E-state index contributed by atoms with van der Waals surface area (Å²) in [6, 6.07) is 0. The van der Waals surface area contributed by atoms with Gasteiger partial charge in [-0.05, 0) is 18.4 Å². The van der Waals surface area contributed by atoms with Crippen LogP contribution in [0.5, 0.6) is 0 Å². The van der Waals surface area contributed by atoms with E-state index in [0.29, 0.717) is 0 Å². The lowest BCUT2D eigenvalue weighted by Gasteiger charge is -2.36. The molecule has 1 saturated heterocycles. The molecule has 0 spiro atoms. The third-order valence-electron chi connectivity index (χ3n) is 2.53. The number of aliphatic hydroxyl groups is 1. The van der Waals surface area contributed by atoms with E-state index in [0.717, 1.165) is 19.5 Å². The average Bonchev–Trinajstić information content (AvgIpc) is 2.13. The molecular weight excluding hydrogens is 126 g/mol. The van der Waals surface area contributed by atoms with E-state index in [4.69, 9.17) is 0 Å². The van der Waals surface area contributed by atoms with Crippen LogP contribution < -0.4 is 5.32 Å². The second kappa shape index (κ2) is 2.21. The van der Waals surface area contributed by atoms with Crippen molar-refractivity contribution in [3.05, 3.63) is 0 Å². The minimum atomic E-state index is -0.479. The normalized spacial score (nSPS) is 34.8. The molecule has 2 heteroatoms. The molecule has 1 aliphatic heterocycles. The summed E-state index contributed by atoms with van der Waals surface area (Å²) in [7, 11) is 0. The molecule has 0 aromatic carbocycles. The van der Waals surface area contributed by atoms with Gasteiger partial charge in [-0.3, -0.25) is 0 Å². The molecule has 1 unspecified atom stereocenters. The highest BCUT2D eigenvalue weighted by molar-refractivity contribution is 4.96. The molecule has 0 saturated carbocycles. The van der Waals surface area contributed by atoms with Crippen molar-refractivity contribution in [2.24, 2.45) is 5.41 Å². The lowest BCUT2D eigenvalue weighted by Crippen LogP contribution is -2.44. The summed E-state index contributed by atoms with van der Waals surface area (Å²) in [5.74, 6) is 0. The molecule has 0 radical (unpaired) electrons. The van der Waals surface area contributed by atoms with Gasteiger partial charge in [0.25, 0.3) is 0 Å². The zero-order chi connectivity index (χ0) is 7.83. The first-order valence-electron chi connectivity index (χ1n) is 3.89. The maximum atomic E-state index is 9.97. The summed E-state index contributed by atoms with van der Waals surface area (Å²) in [5.41, 5.74) is -0.469. The van der Waals surface area contributed by atoms with Gasteiger partial charge in [0.2, 0.25) is 0 Å². The maximum Gasteiger partial charge on any atom is 0.0831 e. The molecule has 1 aliphatic rings. The molecule has 2 nitrogen and oxygen atoms in total. The second-order valence-electron chi connectivity index (χ2n) is 4.21. The Labute approximate surface area is 62.6 Å². The van der Waals surface area contributed by atoms with E-state index in [9.17, 15) is 5.11 Å². The Hall–Kier alpha value is -0.0800. The van der Waals surface area contributed by atoms with Crippen LogP contribution in [0, 0.1) is 5.41 Å². The van der Waals surface area contributed by atoms with Gasteiger partial charge in [0.1, 0.15) is 0 Å². The molecule has 0 aliphatic carbocycles. The van der Waals surface area contributed by atoms with E-state index in [2.05, 4.69) is 26.1 Å². The molecule has 1 atom stereocenters. The third kappa shape index (κ3) is 1.18. The molecule has 2 N–H and O–H groups in total. The van der Waals surface area contributed by atoms with Crippen molar-refractivity contribution in [2.45, 2.75) is 32.8 Å². The maximum absolute atomic E-state index is 9.97. The molecular formula is C8H17NO. The van der Waals surface area contributed by atoms with Gasteiger partial charge in [0, 0.05) is 6.54 Å². The van der Waals surface area contributed by atoms with Crippen molar-refractivity contribution < 1.29 is 5.11 Å². The molecule has 0 aromatic heterocycles. The Bertz CT molecular complexity index is 120. The van der Waals surface area contributed by atoms with Crippen molar-refractivity contribution >= 4 is 0 Å². The summed E-state index contributed by atoms with van der Waals surface area (Å²) in [6.07, 6.45) is 0.885. The van der Waals surface area contributed by atoms with Gasteiger partial charge in [0.15, 0.2) is 0 Å². The van der Waals surface area contributed by atoms with Crippen LogP contribution in [0.3, 0.4) is 0 Å². The monoisotopic (exact) mass is 143 g/mol. The summed E-state index contributed by atoms with van der Waals surface area (Å²) in [4.78, 5) is 0. The zero-order valence-corrected chi connectivity index (χ0v) is 7.07. The highest BCUT2D eigenvalue weighted by Crippen LogP contribution is 2.34. The zero-order valence-electron chi connectivity index (χ0n) is 7.07. The fraction of sp³-hybridized carbons (Fsp3) is 1.00. The molecule has 10 heavy (non-hydrogen) atoms. The highest BCUT2D eigenvalue weighted by atomic mass is 16.3. The number of hydrogen-bond donors (Lipinski definition) is 2. The smallest absolute Gasteiger partial charge is 0.0831 e. The van der Waals surface area contributed by atoms with Gasteiger partial charge in [-0.25, -0.2) is 0 Å². The van der Waals surface area contributed by atoms with Crippen LogP contribution in [0.4, 0.5) is 0 Å². The Morgan fingerprint density at radius 2 is 2.00 bits per heavy atom. The molecule has 1 rings (SSSR count). The predicted octanol–water partition coefficient (Wildman–Crippen LogP) is 0.757. The van der Waals surface area contributed by atoms with E-state index in [1.54, 1.807) is 0 Å². The fourth-order valence-corrected chi connectivity index (χ4v) is 1.32. The summed E-state index contributed by atoms with van der Waals surface area (Å²) < 4.78 is 0. The number of hydrogen-bond acceptors (Lipinski definition) is 2. The average molecular weight is 143 g/mol. The van der Waals surface area contributed by atoms with Gasteiger partial charge >= 0.3 is 0 Å². The van der Waals surface area contributed by atoms with Crippen molar-refractivity contribution in [3.63, 3.8) is 0 Å². The fourth-order valence-electron chi connectivity index (χ4n) is 1.32. The van der Waals surface area contributed by atoms with E-state index in [-0.39, 0.29) is 5.41 Å². The molecule has 60 valence electrons. The first-order chi connectivity index (χ1) is 4.46. The summed E-state index contributed by atoms with van der Waals surface area (Å²) in [6.45, 7) is 7.95. The van der Waals surface area contributed by atoms with E-state index >= 15 is 0 Å². The molecule has 0 aromatic rings. The van der Waals surface area contributed by atoms with Gasteiger partial charge in [-0.2, -0.15) is 0 Å². The Balaban J connectivity index is 2.67. The van der Waals surface area contributed by atoms with Gasteiger partial charge in [-0.1, -0.05) is 20.8 Å². The van der Waals surface area contributed by atoms with Crippen LogP contribution in [-0.2, 0) is 0 Å². The third-order valence-corrected chi connectivity index (χ3v) is 2.53. The Morgan fingerprint density at radius 3 is 2.20 bits per heavy atom. The van der Waals surface area contributed by atoms with Crippen molar-refractivity contribution in [1.82, 2.24) is 5.32 Å². The van der Waals surface area contributed by atoms with Crippen molar-refractivity contribution in [3.8, 4) is 0 Å². The standard InChI is InChI=1S/C8H17NO/c1-7(2,3)8(10)4-5-9-6-8/h9-10H,4-6H2,1-3H3. The summed E-state index contributed by atoms with van der Waals surface area (Å²) in [5, 5.41) is 13.1. The van der Waals surface area contributed by atoms with Crippen LogP contribution in [-0.4, -0.2) is 23.8 Å². The van der Waals surface area contributed by atoms with Crippen LogP contribution in [0.1, 0.15) is 27.2 Å². The SMILES string of the molecule is CC(C)(C)C1(O)CCNC1. The van der Waals surface area contributed by atoms with Crippen LogP contribution in [0.2, 0.25) is 0 Å². The Morgan fingerprint density at radius 1 is 1.40 bits per heavy atom. The van der Waals surface area contributed by atoms with Crippen LogP contribution >= 0.6 is 0 Å². The first-order valence-corrected chi connectivity index (χ1v) is 3.89. The lowest BCUT2D eigenvalue weighted by atomic mass is 9.76. The lowest BCUT2D eigenvalue weighted by molar-refractivity contribution is -0.0394. The second-order valence-corrected chi connectivity index (χ2v) is 4.21. The highest BCUT2D eigenvalue weighted by Gasteiger charge is 2.41. The van der Waals surface area contributed by atoms with Crippen LogP contribution in [0.25, 0.3) is 0 Å². The molecule has 1 fully saturated rings. The quantitative estimate of drug-likeness (QED) is 0.524. The minimum absolute atomic E-state index is 0.0104. The molecule has 0 amide bonds. The van der Waals surface area contributed by atoms with Gasteiger partial charge in [-0.15, -0.1) is 0 Å². The van der Waals surface area contributed by atoms with E-state index in [1.165, 1.54) is 0 Å². The molecule has 1 heterocycles.